The first-order valence-electron chi connectivity index (χ1n) is 7.16. The van der Waals surface area contributed by atoms with E-state index in [0.29, 0.717) is 31.7 Å². The van der Waals surface area contributed by atoms with Gasteiger partial charge in [0.25, 0.3) is 0 Å². The molecule has 120 valence electrons. The first-order valence-corrected chi connectivity index (χ1v) is 7.16. The molecule has 1 aromatic carbocycles. The minimum Gasteiger partial charge on any atom is -0.490 e. The van der Waals surface area contributed by atoms with Crippen LogP contribution in [-0.4, -0.2) is 47.2 Å². The second kappa shape index (κ2) is 7.11. The molecule has 1 aliphatic heterocycles. The Morgan fingerprint density at radius 2 is 1.91 bits per heavy atom. The van der Waals surface area contributed by atoms with Gasteiger partial charge >= 0.3 is 6.09 Å². The Hall–Kier alpha value is -2.31. The van der Waals surface area contributed by atoms with Crippen LogP contribution < -0.4 is 10.1 Å². The van der Waals surface area contributed by atoms with E-state index in [0.717, 1.165) is 0 Å². The van der Waals surface area contributed by atoms with Crippen LogP contribution in [0.4, 0.5) is 9.18 Å². The molecule has 1 heterocycles. The Kier molecular flexibility index (Phi) is 5.19. The Balaban J connectivity index is 1.81. The van der Waals surface area contributed by atoms with Crippen LogP contribution in [-0.2, 0) is 4.79 Å². The van der Waals surface area contributed by atoms with Gasteiger partial charge in [-0.3, -0.25) is 4.79 Å². The summed E-state index contributed by atoms with van der Waals surface area (Å²) >= 11 is 0. The van der Waals surface area contributed by atoms with E-state index in [2.05, 4.69) is 5.32 Å². The maximum Gasteiger partial charge on any atom is 0.405 e. The quantitative estimate of drug-likeness (QED) is 0.889. The Morgan fingerprint density at radius 3 is 2.45 bits per heavy atom. The zero-order chi connectivity index (χ0) is 16.1. The third-order valence-corrected chi connectivity index (χ3v) is 3.58. The van der Waals surface area contributed by atoms with Crippen LogP contribution in [0, 0.1) is 5.82 Å². The van der Waals surface area contributed by atoms with Crippen molar-refractivity contribution in [2.45, 2.75) is 31.9 Å². The molecule has 7 heteroatoms. The number of ether oxygens (including phenoxy) is 1. The van der Waals surface area contributed by atoms with Crippen molar-refractivity contribution < 1.29 is 23.8 Å². The van der Waals surface area contributed by atoms with Gasteiger partial charge in [-0.2, -0.15) is 0 Å². The van der Waals surface area contributed by atoms with Crippen LogP contribution in [0.1, 0.15) is 19.8 Å². The van der Waals surface area contributed by atoms with Crippen molar-refractivity contribution in [1.29, 1.82) is 0 Å². The first-order chi connectivity index (χ1) is 10.5. The topological polar surface area (TPSA) is 78.9 Å². The maximum absolute atomic E-state index is 12.8. The number of amides is 2. The summed E-state index contributed by atoms with van der Waals surface area (Å²) in [4.78, 5) is 24.2. The molecule has 1 aliphatic rings. The number of halogens is 1. The summed E-state index contributed by atoms with van der Waals surface area (Å²) in [5.74, 6) is 0.0578. The lowest BCUT2D eigenvalue weighted by molar-refractivity contribution is -0.134. The molecule has 6 nitrogen and oxygen atoms in total. The lowest BCUT2D eigenvalue weighted by atomic mass is 10.1. The van der Waals surface area contributed by atoms with Gasteiger partial charge in [0, 0.05) is 25.9 Å². The van der Waals surface area contributed by atoms with Crippen LogP contribution in [0.25, 0.3) is 0 Å². The zero-order valence-corrected chi connectivity index (χ0v) is 12.3. The Morgan fingerprint density at radius 1 is 1.32 bits per heavy atom. The highest BCUT2D eigenvalue weighted by atomic mass is 19.1. The molecule has 0 radical (unpaired) electrons. The Bertz CT molecular complexity index is 527. The summed E-state index contributed by atoms with van der Waals surface area (Å²) in [6.45, 7) is 2.55. The number of carbonyl (C=O) groups excluding carboxylic acids is 1. The molecular weight excluding hydrogens is 291 g/mol. The molecule has 2 N–H and O–H groups in total. The summed E-state index contributed by atoms with van der Waals surface area (Å²) in [5, 5.41) is 10.8. The van der Waals surface area contributed by atoms with Gasteiger partial charge in [-0.05, 0) is 31.2 Å². The molecule has 0 aliphatic carbocycles. The molecule has 1 aromatic rings. The van der Waals surface area contributed by atoms with Gasteiger partial charge in [-0.25, -0.2) is 9.18 Å². The number of piperidine rings is 1. The summed E-state index contributed by atoms with van der Waals surface area (Å²) in [6, 6.07) is 5.07. The van der Waals surface area contributed by atoms with E-state index >= 15 is 0 Å². The van der Waals surface area contributed by atoms with E-state index in [9.17, 15) is 14.0 Å². The molecule has 0 saturated carbocycles. The summed E-state index contributed by atoms with van der Waals surface area (Å²) in [7, 11) is 0. The number of nitrogens with zero attached hydrogens (tertiary/aromatic N) is 1. The number of hydrogen-bond acceptors (Lipinski definition) is 3. The standard InChI is InChI=1S/C15H19FN2O4/c1-10(17-15(20)21)14(19)18-8-6-13(7-9-18)22-12-4-2-11(16)3-5-12/h2-5,10,13,17H,6-9H2,1H3,(H,20,21)/t10-/m0/s1. The molecule has 1 atom stereocenters. The lowest BCUT2D eigenvalue weighted by Gasteiger charge is -2.33. The fourth-order valence-corrected chi connectivity index (χ4v) is 2.42. The van der Waals surface area contributed by atoms with Crippen molar-refractivity contribution in [3.63, 3.8) is 0 Å². The monoisotopic (exact) mass is 310 g/mol. The van der Waals surface area contributed by atoms with Crippen molar-refractivity contribution in [3.8, 4) is 5.75 Å². The molecule has 22 heavy (non-hydrogen) atoms. The molecule has 2 rings (SSSR count). The minimum absolute atomic E-state index is 0.0303. The molecule has 0 aromatic heterocycles. The van der Waals surface area contributed by atoms with E-state index in [1.54, 1.807) is 17.0 Å². The molecule has 1 fully saturated rings. The van der Waals surface area contributed by atoms with E-state index in [1.165, 1.54) is 19.1 Å². The first kappa shape index (κ1) is 16.1. The molecule has 1 saturated heterocycles. The van der Waals surface area contributed by atoms with Gasteiger partial charge < -0.3 is 20.1 Å². The van der Waals surface area contributed by atoms with Crippen LogP contribution >= 0.6 is 0 Å². The highest BCUT2D eigenvalue weighted by Gasteiger charge is 2.27. The summed E-state index contributed by atoms with van der Waals surface area (Å²) in [6.07, 6.45) is 0.0684. The van der Waals surface area contributed by atoms with Gasteiger partial charge in [0.2, 0.25) is 5.91 Å². The fourth-order valence-electron chi connectivity index (χ4n) is 2.42. The molecule has 2 amide bonds. The minimum atomic E-state index is -1.21. The molecule has 0 bridgehead atoms. The van der Waals surface area contributed by atoms with Gasteiger partial charge in [0.1, 0.15) is 23.7 Å². The van der Waals surface area contributed by atoms with Crippen molar-refractivity contribution in [1.82, 2.24) is 10.2 Å². The van der Waals surface area contributed by atoms with Crippen molar-refractivity contribution in [2.75, 3.05) is 13.1 Å². The average molecular weight is 310 g/mol. The second-order valence-electron chi connectivity index (χ2n) is 5.27. The summed E-state index contributed by atoms with van der Waals surface area (Å²) < 4.78 is 18.6. The zero-order valence-electron chi connectivity index (χ0n) is 12.3. The highest BCUT2D eigenvalue weighted by molar-refractivity contribution is 5.84. The lowest BCUT2D eigenvalue weighted by Crippen LogP contribution is -2.50. The van der Waals surface area contributed by atoms with Crippen LogP contribution in [0.3, 0.4) is 0 Å². The van der Waals surface area contributed by atoms with Crippen molar-refractivity contribution in [3.05, 3.63) is 30.1 Å². The fraction of sp³-hybridized carbons (Fsp3) is 0.467. The van der Waals surface area contributed by atoms with Gasteiger partial charge in [0.15, 0.2) is 0 Å². The number of nitrogens with one attached hydrogen (secondary N) is 1. The third kappa shape index (κ3) is 4.34. The number of carboxylic acid groups (broad SMARTS) is 1. The van der Waals surface area contributed by atoms with Crippen LogP contribution in [0.5, 0.6) is 5.75 Å². The molecule has 0 unspecified atom stereocenters. The van der Waals surface area contributed by atoms with Gasteiger partial charge in [-0.15, -0.1) is 0 Å². The van der Waals surface area contributed by atoms with Crippen LogP contribution in [0.2, 0.25) is 0 Å². The van der Waals surface area contributed by atoms with E-state index in [-0.39, 0.29) is 17.8 Å². The van der Waals surface area contributed by atoms with Crippen LogP contribution in [0.15, 0.2) is 24.3 Å². The van der Waals surface area contributed by atoms with Gasteiger partial charge in [-0.1, -0.05) is 0 Å². The molecule has 0 spiro atoms. The summed E-state index contributed by atoms with van der Waals surface area (Å²) in [5.41, 5.74) is 0. The smallest absolute Gasteiger partial charge is 0.405 e. The normalized spacial score (nSPS) is 16.9. The second-order valence-corrected chi connectivity index (χ2v) is 5.27. The number of benzene rings is 1. The predicted octanol–water partition coefficient (Wildman–Crippen LogP) is 1.85. The number of likely N-dealkylation sites (tertiary alicyclic amines) is 1. The number of carbonyl (C=O) groups is 2. The average Bonchev–Trinajstić information content (AvgIpc) is 2.49. The highest BCUT2D eigenvalue weighted by Crippen LogP contribution is 2.19. The Labute approximate surface area is 127 Å². The van der Waals surface area contributed by atoms with Crippen molar-refractivity contribution >= 4 is 12.0 Å². The number of rotatable bonds is 4. The maximum atomic E-state index is 12.8. The predicted molar refractivity (Wildman–Crippen MR) is 77.3 cm³/mol. The van der Waals surface area contributed by atoms with Gasteiger partial charge in [0.05, 0.1) is 0 Å². The van der Waals surface area contributed by atoms with E-state index in [4.69, 9.17) is 9.84 Å². The number of hydrogen-bond donors (Lipinski definition) is 2. The largest absolute Gasteiger partial charge is 0.490 e. The third-order valence-electron chi connectivity index (χ3n) is 3.58. The van der Waals surface area contributed by atoms with Crippen molar-refractivity contribution in [2.24, 2.45) is 0 Å². The molecular formula is C15H19FN2O4. The SMILES string of the molecule is C[C@H](NC(=O)O)C(=O)N1CCC(Oc2ccc(F)cc2)CC1. The van der Waals surface area contributed by atoms with E-state index in [1.807, 2.05) is 0 Å². The van der Waals surface area contributed by atoms with E-state index < -0.39 is 12.1 Å².